The van der Waals surface area contributed by atoms with Crippen LogP contribution >= 0.6 is 0 Å². The molecule has 25 heavy (non-hydrogen) atoms. The lowest BCUT2D eigenvalue weighted by atomic mass is 10.1. The van der Waals surface area contributed by atoms with Gasteiger partial charge < -0.3 is 4.74 Å². The van der Waals surface area contributed by atoms with Gasteiger partial charge in [-0.1, -0.05) is 19.9 Å². The highest BCUT2D eigenvalue weighted by Gasteiger charge is 2.21. The topological polar surface area (TPSA) is 92.8 Å². The molecule has 0 amide bonds. The summed E-state index contributed by atoms with van der Waals surface area (Å²) in [5.41, 5.74) is 0.788. The maximum atomic E-state index is 12.5. The Hall–Kier alpha value is -1.16. The maximum Gasteiger partial charge on any atom is 0.244 e. The first-order valence-electron chi connectivity index (χ1n) is 8.07. The van der Waals surface area contributed by atoms with Gasteiger partial charge in [-0.2, -0.15) is 0 Å². The van der Waals surface area contributed by atoms with Crippen molar-refractivity contribution >= 4 is 20.0 Å². The van der Waals surface area contributed by atoms with Crippen molar-refractivity contribution in [3.8, 4) is 5.75 Å². The second kappa shape index (κ2) is 8.98. The smallest absolute Gasteiger partial charge is 0.244 e. The maximum absolute atomic E-state index is 12.5. The minimum Gasteiger partial charge on any atom is -0.495 e. The number of aryl methyl sites for hydroxylation is 1. The van der Waals surface area contributed by atoms with Crippen molar-refractivity contribution < 1.29 is 21.6 Å². The van der Waals surface area contributed by atoms with Crippen LogP contribution in [-0.2, 0) is 20.0 Å². The molecule has 0 heterocycles. The van der Waals surface area contributed by atoms with Crippen molar-refractivity contribution in [3.63, 3.8) is 0 Å². The average Bonchev–Trinajstić information content (AvgIpc) is 2.49. The Kier molecular flexibility index (Phi) is 7.86. The molecule has 1 rings (SSSR count). The summed E-state index contributed by atoms with van der Waals surface area (Å²) in [5.74, 6) is 0.607. The molecular weight excluding hydrogens is 364 g/mol. The molecule has 0 saturated heterocycles. The van der Waals surface area contributed by atoms with Gasteiger partial charge in [0.2, 0.25) is 20.0 Å². The highest BCUT2D eigenvalue weighted by molar-refractivity contribution is 7.89. The van der Waals surface area contributed by atoms with Gasteiger partial charge in [0.25, 0.3) is 0 Å². The first kappa shape index (κ1) is 21.9. The van der Waals surface area contributed by atoms with Gasteiger partial charge in [0.1, 0.15) is 10.6 Å². The zero-order valence-corrected chi connectivity index (χ0v) is 17.1. The van der Waals surface area contributed by atoms with Crippen molar-refractivity contribution in [1.82, 2.24) is 9.03 Å². The molecule has 0 aromatic heterocycles. The third-order valence-electron chi connectivity index (χ3n) is 3.69. The Morgan fingerprint density at radius 3 is 2.32 bits per heavy atom. The molecule has 0 unspecified atom stereocenters. The van der Waals surface area contributed by atoms with E-state index in [2.05, 4.69) is 4.72 Å². The van der Waals surface area contributed by atoms with E-state index >= 15 is 0 Å². The molecule has 0 aliphatic rings. The Labute approximate surface area is 151 Å². The first-order chi connectivity index (χ1) is 11.5. The number of hydrogen-bond acceptors (Lipinski definition) is 5. The second-order valence-corrected chi connectivity index (χ2v) is 10.1. The standard InChI is InChI=1S/C16H28N2O5S2/c1-13(2)8-10-18(24(5,19)20)11-9-17-25(21,22)16-12-14(3)6-7-15(16)23-4/h6-7,12-13,17H,8-11H2,1-5H3. The summed E-state index contributed by atoms with van der Waals surface area (Å²) in [7, 11) is -5.78. The molecule has 9 heteroatoms. The normalized spacial score (nSPS) is 12.8. The summed E-state index contributed by atoms with van der Waals surface area (Å²) < 4.78 is 57.5. The van der Waals surface area contributed by atoms with Crippen molar-refractivity contribution in [2.75, 3.05) is 33.0 Å². The van der Waals surface area contributed by atoms with E-state index in [1.165, 1.54) is 17.5 Å². The third-order valence-corrected chi connectivity index (χ3v) is 6.47. The zero-order valence-electron chi connectivity index (χ0n) is 15.4. The summed E-state index contributed by atoms with van der Waals surface area (Å²) in [6.45, 7) is 6.24. The summed E-state index contributed by atoms with van der Waals surface area (Å²) in [6, 6.07) is 4.87. The number of hydrogen-bond donors (Lipinski definition) is 1. The van der Waals surface area contributed by atoms with Gasteiger partial charge in [0.15, 0.2) is 0 Å². The number of sulfonamides is 2. The van der Waals surface area contributed by atoms with Crippen molar-refractivity contribution in [2.24, 2.45) is 5.92 Å². The predicted molar refractivity (Wildman–Crippen MR) is 98.8 cm³/mol. The van der Waals surface area contributed by atoms with Gasteiger partial charge in [0.05, 0.1) is 13.4 Å². The van der Waals surface area contributed by atoms with Crippen LogP contribution in [0.4, 0.5) is 0 Å². The lowest BCUT2D eigenvalue weighted by Crippen LogP contribution is -2.39. The Morgan fingerprint density at radius 1 is 1.16 bits per heavy atom. The lowest BCUT2D eigenvalue weighted by molar-refractivity contribution is 0.384. The van der Waals surface area contributed by atoms with E-state index < -0.39 is 20.0 Å². The van der Waals surface area contributed by atoms with Crippen LogP contribution in [0.25, 0.3) is 0 Å². The minimum absolute atomic E-state index is 0.00933. The highest BCUT2D eigenvalue weighted by atomic mass is 32.2. The molecule has 7 nitrogen and oxygen atoms in total. The molecular formula is C16H28N2O5S2. The van der Waals surface area contributed by atoms with Gasteiger partial charge in [-0.15, -0.1) is 0 Å². The van der Waals surface area contributed by atoms with Crippen molar-refractivity contribution in [2.45, 2.75) is 32.1 Å². The van der Waals surface area contributed by atoms with Crippen LogP contribution in [0.1, 0.15) is 25.8 Å². The second-order valence-electron chi connectivity index (χ2n) is 6.40. The molecule has 1 aromatic rings. The monoisotopic (exact) mass is 392 g/mol. The molecule has 0 spiro atoms. The molecule has 0 saturated carbocycles. The molecule has 1 N–H and O–H groups in total. The quantitative estimate of drug-likeness (QED) is 0.653. The largest absolute Gasteiger partial charge is 0.495 e. The fourth-order valence-electron chi connectivity index (χ4n) is 2.22. The van der Waals surface area contributed by atoms with Gasteiger partial charge in [-0.25, -0.2) is 25.9 Å². The minimum atomic E-state index is -3.79. The number of benzene rings is 1. The number of nitrogens with one attached hydrogen (secondary N) is 1. The van der Waals surface area contributed by atoms with E-state index in [0.29, 0.717) is 18.9 Å². The van der Waals surface area contributed by atoms with Crippen molar-refractivity contribution in [1.29, 1.82) is 0 Å². The van der Waals surface area contributed by atoms with Crippen LogP contribution < -0.4 is 9.46 Å². The van der Waals surface area contributed by atoms with Gasteiger partial charge in [-0.05, 0) is 37.0 Å². The van der Waals surface area contributed by atoms with Crippen LogP contribution in [0.15, 0.2) is 23.1 Å². The third kappa shape index (κ3) is 6.93. The molecule has 144 valence electrons. The molecule has 0 aliphatic heterocycles. The molecule has 0 bridgehead atoms. The number of rotatable bonds is 10. The molecule has 1 aromatic carbocycles. The van der Waals surface area contributed by atoms with E-state index in [1.807, 2.05) is 13.8 Å². The summed E-state index contributed by atoms with van der Waals surface area (Å²) in [4.78, 5) is 0.0445. The lowest BCUT2D eigenvalue weighted by Gasteiger charge is -2.21. The van der Waals surface area contributed by atoms with E-state index in [-0.39, 0.29) is 23.7 Å². The Bertz CT molecular complexity index is 774. The van der Waals surface area contributed by atoms with Gasteiger partial charge in [0, 0.05) is 19.6 Å². The van der Waals surface area contributed by atoms with E-state index in [4.69, 9.17) is 4.74 Å². The molecule has 0 fully saturated rings. The molecule has 0 atom stereocenters. The van der Waals surface area contributed by atoms with Crippen LogP contribution in [-0.4, -0.2) is 54.1 Å². The van der Waals surface area contributed by atoms with Crippen LogP contribution in [0.3, 0.4) is 0 Å². The Balaban J connectivity index is 2.83. The van der Waals surface area contributed by atoms with Crippen molar-refractivity contribution in [3.05, 3.63) is 23.8 Å². The molecule has 0 radical (unpaired) electrons. The average molecular weight is 393 g/mol. The zero-order chi connectivity index (χ0) is 19.3. The fraction of sp³-hybridized carbons (Fsp3) is 0.625. The number of nitrogens with zero attached hydrogens (tertiary/aromatic N) is 1. The fourth-order valence-corrected chi connectivity index (χ4v) is 4.35. The first-order valence-corrected chi connectivity index (χ1v) is 11.4. The molecule has 0 aliphatic carbocycles. The summed E-state index contributed by atoms with van der Waals surface area (Å²) >= 11 is 0. The highest BCUT2D eigenvalue weighted by Crippen LogP contribution is 2.24. The van der Waals surface area contributed by atoms with E-state index in [1.54, 1.807) is 19.1 Å². The van der Waals surface area contributed by atoms with Gasteiger partial charge in [-0.3, -0.25) is 0 Å². The van der Waals surface area contributed by atoms with Crippen LogP contribution in [0.2, 0.25) is 0 Å². The van der Waals surface area contributed by atoms with Gasteiger partial charge >= 0.3 is 0 Å². The summed E-state index contributed by atoms with van der Waals surface area (Å²) in [6.07, 6.45) is 1.84. The van der Waals surface area contributed by atoms with E-state index in [0.717, 1.165) is 11.8 Å². The van der Waals surface area contributed by atoms with E-state index in [9.17, 15) is 16.8 Å². The number of methoxy groups -OCH3 is 1. The Morgan fingerprint density at radius 2 is 1.80 bits per heavy atom. The van der Waals surface area contributed by atoms with Crippen LogP contribution in [0, 0.1) is 12.8 Å². The predicted octanol–water partition coefficient (Wildman–Crippen LogP) is 1.59. The SMILES string of the molecule is COc1ccc(C)cc1S(=O)(=O)NCCN(CCC(C)C)S(C)(=O)=O. The number of ether oxygens (including phenoxy) is 1. The summed E-state index contributed by atoms with van der Waals surface area (Å²) in [5, 5.41) is 0. The van der Waals surface area contributed by atoms with Crippen LogP contribution in [0.5, 0.6) is 5.75 Å².